The Morgan fingerprint density at radius 1 is 0.706 bits per heavy atom. The number of hydrogen-bond acceptors (Lipinski definition) is 3. The van der Waals surface area contributed by atoms with Crippen LogP contribution in [0.2, 0.25) is 0 Å². The van der Waals surface area contributed by atoms with Gasteiger partial charge in [0, 0.05) is 0 Å². The molecule has 0 aliphatic rings. The van der Waals surface area contributed by atoms with Crippen LogP contribution < -0.4 is 4.72 Å². The van der Waals surface area contributed by atoms with Gasteiger partial charge in [0.1, 0.15) is 17.2 Å². The monoisotopic (exact) mass is 479 g/mol. The first kappa shape index (κ1) is 23.8. The van der Waals surface area contributed by atoms with E-state index in [0.717, 1.165) is 5.56 Å². The van der Waals surface area contributed by atoms with Gasteiger partial charge < -0.3 is 5.11 Å². The fraction of sp³-hybridized carbons (Fsp3) is 0.111. The van der Waals surface area contributed by atoms with Crippen LogP contribution in [0, 0.1) is 11.6 Å². The van der Waals surface area contributed by atoms with Crippen molar-refractivity contribution in [3.63, 3.8) is 0 Å². The van der Waals surface area contributed by atoms with Crippen molar-refractivity contribution in [3.8, 4) is 0 Å². The highest BCUT2D eigenvalue weighted by Gasteiger charge is 2.42. The molecule has 34 heavy (non-hydrogen) atoms. The van der Waals surface area contributed by atoms with Crippen molar-refractivity contribution >= 4 is 10.0 Å². The average Bonchev–Trinajstić information content (AvgIpc) is 2.85. The Hall–Kier alpha value is -3.39. The van der Waals surface area contributed by atoms with Crippen molar-refractivity contribution in [1.29, 1.82) is 0 Å². The number of nitrogens with one attached hydrogen (secondary N) is 1. The fourth-order valence-electron chi connectivity index (χ4n) is 3.96. The van der Waals surface area contributed by atoms with Gasteiger partial charge in [-0.25, -0.2) is 21.9 Å². The zero-order chi connectivity index (χ0) is 24.2. The summed E-state index contributed by atoms with van der Waals surface area (Å²) in [7, 11) is -4.05. The molecule has 0 aliphatic carbocycles. The van der Waals surface area contributed by atoms with Gasteiger partial charge in [-0.3, -0.25) is 0 Å². The van der Waals surface area contributed by atoms with Gasteiger partial charge in [0.15, 0.2) is 0 Å². The number of halogens is 2. The van der Waals surface area contributed by atoms with E-state index < -0.39 is 33.3 Å². The van der Waals surface area contributed by atoms with Crippen molar-refractivity contribution in [2.24, 2.45) is 0 Å². The molecule has 4 nitrogen and oxygen atoms in total. The molecule has 0 fully saturated rings. The summed E-state index contributed by atoms with van der Waals surface area (Å²) < 4.78 is 56.7. The zero-order valence-corrected chi connectivity index (χ0v) is 18.9. The Bertz CT molecular complexity index is 1280. The lowest BCUT2D eigenvalue weighted by Crippen LogP contribution is -2.52. The first-order valence-corrected chi connectivity index (χ1v) is 12.1. The number of sulfonamides is 1. The summed E-state index contributed by atoms with van der Waals surface area (Å²) in [6, 6.07) is 26.1. The highest BCUT2D eigenvalue weighted by molar-refractivity contribution is 7.89. The van der Waals surface area contributed by atoms with E-state index in [1.807, 2.05) is 30.3 Å². The molecule has 0 aliphatic heterocycles. The number of hydrogen-bond donors (Lipinski definition) is 2. The normalized spacial score (nSPS) is 12.9. The van der Waals surface area contributed by atoms with E-state index in [2.05, 4.69) is 4.72 Å². The second kappa shape index (κ2) is 9.85. The van der Waals surface area contributed by atoms with Gasteiger partial charge in [0.05, 0.1) is 10.9 Å². The maximum atomic E-state index is 13.7. The molecule has 174 valence electrons. The van der Waals surface area contributed by atoms with Crippen LogP contribution in [0.15, 0.2) is 114 Å². The third-order valence-electron chi connectivity index (χ3n) is 5.71. The van der Waals surface area contributed by atoms with E-state index in [4.69, 9.17) is 0 Å². The van der Waals surface area contributed by atoms with Crippen LogP contribution in [0.1, 0.15) is 16.7 Å². The largest absolute Gasteiger partial charge is 0.379 e. The molecule has 0 heterocycles. The molecule has 1 atom stereocenters. The zero-order valence-electron chi connectivity index (χ0n) is 18.1. The molecule has 0 amide bonds. The number of benzene rings is 4. The van der Waals surface area contributed by atoms with Crippen LogP contribution in [0.5, 0.6) is 0 Å². The third kappa shape index (κ3) is 5.07. The molecule has 4 aromatic carbocycles. The molecular formula is C27H23F2NO3S. The van der Waals surface area contributed by atoms with Gasteiger partial charge in [-0.05, 0) is 59.5 Å². The number of aliphatic hydroxyl groups is 1. The molecule has 0 unspecified atom stereocenters. The highest BCUT2D eigenvalue weighted by Crippen LogP contribution is 2.36. The smallest absolute Gasteiger partial charge is 0.240 e. The summed E-state index contributed by atoms with van der Waals surface area (Å²) in [5.74, 6) is -1.01. The molecule has 0 bridgehead atoms. The topological polar surface area (TPSA) is 66.4 Å². The standard InChI is InChI=1S/C27H23F2NO3S/c28-23-15-11-21(12-16-23)27(31,22-13-17-24(29)18-14-22)26(19-20-7-3-1-4-8-20)30-34(32,33)25-9-5-2-6-10-25/h1-18,26,30-31H,19H2/t26-/m0/s1. The predicted molar refractivity (Wildman–Crippen MR) is 126 cm³/mol. The van der Waals surface area contributed by atoms with Crippen LogP contribution >= 0.6 is 0 Å². The molecule has 4 rings (SSSR count). The summed E-state index contributed by atoms with van der Waals surface area (Å²) in [4.78, 5) is 0.0358. The van der Waals surface area contributed by atoms with Gasteiger partial charge in [-0.2, -0.15) is 0 Å². The molecule has 7 heteroatoms. The van der Waals surface area contributed by atoms with Gasteiger partial charge >= 0.3 is 0 Å². The molecule has 0 spiro atoms. The minimum Gasteiger partial charge on any atom is -0.379 e. The Labute approximate surface area is 197 Å². The SMILES string of the molecule is O=S(=O)(N[C@@H](Cc1ccccc1)C(O)(c1ccc(F)cc1)c1ccc(F)cc1)c1ccccc1. The van der Waals surface area contributed by atoms with E-state index in [1.165, 1.54) is 60.7 Å². The minimum atomic E-state index is -4.05. The van der Waals surface area contributed by atoms with Crippen LogP contribution in [-0.4, -0.2) is 19.6 Å². The van der Waals surface area contributed by atoms with E-state index in [-0.39, 0.29) is 22.4 Å². The molecule has 0 radical (unpaired) electrons. The molecule has 0 saturated heterocycles. The van der Waals surface area contributed by atoms with Crippen molar-refractivity contribution in [2.75, 3.05) is 0 Å². The molecule has 0 saturated carbocycles. The maximum Gasteiger partial charge on any atom is 0.240 e. The van der Waals surface area contributed by atoms with E-state index in [0.29, 0.717) is 0 Å². The summed E-state index contributed by atoms with van der Waals surface area (Å²) in [6.07, 6.45) is 0.109. The van der Waals surface area contributed by atoms with E-state index in [1.54, 1.807) is 18.2 Å². The third-order valence-corrected chi connectivity index (χ3v) is 7.19. The van der Waals surface area contributed by atoms with Crippen molar-refractivity contribution in [2.45, 2.75) is 23.0 Å². The quantitative estimate of drug-likeness (QED) is 0.382. The van der Waals surface area contributed by atoms with E-state index >= 15 is 0 Å². The minimum absolute atomic E-state index is 0.0358. The van der Waals surface area contributed by atoms with E-state index in [9.17, 15) is 22.3 Å². The van der Waals surface area contributed by atoms with Crippen molar-refractivity contribution in [3.05, 3.63) is 138 Å². The summed E-state index contributed by atoms with van der Waals surface area (Å²) in [6.45, 7) is 0. The van der Waals surface area contributed by atoms with Crippen LogP contribution in [0.4, 0.5) is 8.78 Å². The number of rotatable bonds is 8. The lowest BCUT2D eigenvalue weighted by molar-refractivity contribution is 0.0453. The predicted octanol–water partition coefficient (Wildman–Crippen LogP) is 4.79. The maximum absolute atomic E-state index is 13.7. The first-order valence-electron chi connectivity index (χ1n) is 10.6. The summed E-state index contributed by atoms with van der Waals surface area (Å²) >= 11 is 0. The van der Waals surface area contributed by atoms with Crippen LogP contribution in [0.25, 0.3) is 0 Å². The molecular weight excluding hydrogens is 456 g/mol. The molecule has 4 aromatic rings. The second-order valence-corrected chi connectivity index (χ2v) is 9.67. The molecule has 0 aromatic heterocycles. The van der Waals surface area contributed by atoms with Crippen molar-refractivity contribution in [1.82, 2.24) is 4.72 Å². The average molecular weight is 480 g/mol. The lowest BCUT2D eigenvalue weighted by atomic mass is 9.78. The molecule has 2 N–H and O–H groups in total. The first-order chi connectivity index (χ1) is 16.3. The lowest BCUT2D eigenvalue weighted by Gasteiger charge is -2.38. The summed E-state index contributed by atoms with van der Waals surface area (Å²) in [5.41, 5.74) is -0.653. The second-order valence-electron chi connectivity index (χ2n) is 7.96. The Kier molecular flexibility index (Phi) is 6.88. The van der Waals surface area contributed by atoms with Crippen molar-refractivity contribution < 1.29 is 22.3 Å². The highest BCUT2D eigenvalue weighted by atomic mass is 32.2. The van der Waals surface area contributed by atoms with Gasteiger partial charge in [-0.1, -0.05) is 72.8 Å². The Morgan fingerprint density at radius 3 is 1.62 bits per heavy atom. The van der Waals surface area contributed by atoms with Gasteiger partial charge in [-0.15, -0.1) is 0 Å². The van der Waals surface area contributed by atoms with Crippen LogP contribution in [0.3, 0.4) is 0 Å². The van der Waals surface area contributed by atoms with Crippen LogP contribution in [-0.2, 0) is 22.0 Å². The summed E-state index contributed by atoms with van der Waals surface area (Å²) in [5, 5.41) is 12.2. The Balaban J connectivity index is 1.88. The van der Waals surface area contributed by atoms with Gasteiger partial charge in [0.25, 0.3) is 0 Å². The fourth-order valence-corrected chi connectivity index (χ4v) is 5.24. The Morgan fingerprint density at radius 2 is 1.15 bits per heavy atom. The van der Waals surface area contributed by atoms with Gasteiger partial charge in [0.2, 0.25) is 10.0 Å².